The first-order valence-electron chi connectivity index (χ1n) is 9.14. The van der Waals surface area contributed by atoms with E-state index in [0.29, 0.717) is 39.6 Å². The number of halogens is 6. The minimum Gasteiger partial charge on any atom is -0.396 e. The Morgan fingerprint density at radius 1 is 0.267 bits per heavy atom. The van der Waals surface area contributed by atoms with Crippen LogP contribution in [0.3, 0.4) is 0 Å². The molecular formula is C18H54F6O6. The first-order valence-corrected chi connectivity index (χ1v) is 9.14. The second-order valence-corrected chi connectivity index (χ2v) is 4.34. The van der Waals surface area contributed by atoms with E-state index in [2.05, 4.69) is 0 Å². The highest BCUT2D eigenvalue weighted by molar-refractivity contribution is 4.11. The monoisotopic (exact) mass is 480 g/mol. The van der Waals surface area contributed by atoms with Crippen LogP contribution in [0, 0.1) is 0 Å². The second kappa shape index (κ2) is 165. The zero-order chi connectivity index (χ0) is 20.5. The zero-order valence-corrected chi connectivity index (χ0v) is 19.6. The van der Waals surface area contributed by atoms with E-state index in [0.717, 1.165) is 38.5 Å². The highest BCUT2D eigenvalue weighted by Gasteiger charge is 1.59. The molecule has 204 valence electrons. The molecule has 0 aliphatic heterocycles. The summed E-state index contributed by atoms with van der Waals surface area (Å²) in [5.41, 5.74) is 0. The third-order valence-corrected chi connectivity index (χ3v) is 1.34. The predicted molar refractivity (Wildman–Crippen MR) is 119 cm³/mol. The fourth-order valence-corrected chi connectivity index (χ4v) is 0. The molecule has 0 radical (unpaired) electrons. The molecule has 6 N–H and O–H groups in total. The van der Waals surface area contributed by atoms with Crippen molar-refractivity contribution in [1.82, 2.24) is 0 Å². The molecule has 0 aromatic heterocycles. The molecule has 0 aliphatic carbocycles. The van der Waals surface area contributed by atoms with E-state index in [1.54, 1.807) is 0 Å². The second-order valence-electron chi connectivity index (χ2n) is 4.34. The van der Waals surface area contributed by atoms with Gasteiger partial charge in [-0.3, -0.25) is 28.2 Å². The van der Waals surface area contributed by atoms with E-state index in [1.807, 2.05) is 41.5 Å². The quantitative estimate of drug-likeness (QED) is 0.325. The maximum Gasteiger partial charge on any atom is 0.0428 e. The Labute approximate surface area is 179 Å². The molecule has 0 bridgehead atoms. The molecule has 0 rings (SSSR count). The van der Waals surface area contributed by atoms with E-state index < -0.39 is 0 Å². The maximum atomic E-state index is 7.88. The predicted octanol–water partition coefficient (Wildman–Crippen LogP) is 3.25. The summed E-state index contributed by atoms with van der Waals surface area (Å²) in [6, 6.07) is 0. The van der Waals surface area contributed by atoms with Crippen LogP contribution in [0.1, 0.15) is 80.1 Å². The zero-order valence-electron chi connectivity index (χ0n) is 19.6. The molecule has 0 unspecified atom stereocenters. The van der Waals surface area contributed by atoms with Crippen LogP contribution in [0.2, 0.25) is 0 Å². The van der Waals surface area contributed by atoms with Crippen molar-refractivity contribution in [3.63, 3.8) is 0 Å². The summed E-state index contributed by atoms with van der Waals surface area (Å²) in [6.07, 6.45) is 5.25. The van der Waals surface area contributed by atoms with Gasteiger partial charge in [0.15, 0.2) is 0 Å². The fourth-order valence-electron chi connectivity index (χ4n) is 0. The molecular weight excluding hydrogens is 426 g/mol. The summed E-state index contributed by atoms with van der Waals surface area (Å²) in [5.74, 6) is 0. The lowest BCUT2D eigenvalue weighted by Gasteiger charge is -1.69. The van der Waals surface area contributed by atoms with Crippen LogP contribution >= 0.6 is 0 Å². The van der Waals surface area contributed by atoms with Crippen molar-refractivity contribution in [2.75, 3.05) is 39.6 Å². The molecule has 6 nitrogen and oxygen atoms in total. The summed E-state index contributed by atoms with van der Waals surface area (Å²) in [6.45, 7) is 13.5. The molecule has 0 fully saturated rings. The lowest BCUT2D eigenvalue weighted by Crippen LogP contribution is -1.69. The van der Waals surface area contributed by atoms with Gasteiger partial charge in [-0.25, -0.2) is 0 Å². The van der Waals surface area contributed by atoms with Gasteiger partial charge in [-0.15, -0.1) is 0 Å². The van der Waals surface area contributed by atoms with Crippen molar-refractivity contribution in [3.05, 3.63) is 0 Å². The molecule has 0 saturated heterocycles. The largest absolute Gasteiger partial charge is 0.396 e. The van der Waals surface area contributed by atoms with Crippen molar-refractivity contribution in [3.8, 4) is 0 Å². The van der Waals surface area contributed by atoms with E-state index in [4.69, 9.17) is 30.6 Å². The van der Waals surface area contributed by atoms with Gasteiger partial charge in [0.05, 0.1) is 0 Å². The summed E-state index contributed by atoms with van der Waals surface area (Å²) in [4.78, 5) is 0. The van der Waals surface area contributed by atoms with Crippen LogP contribution in [0.25, 0.3) is 0 Å². The Hall–Kier alpha value is -0.660. The Morgan fingerprint density at radius 3 is 0.300 bits per heavy atom. The lowest BCUT2D eigenvalue weighted by atomic mass is 10.5. The topological polar surface area (TPSA) is 121 Å². The van der Waals surface area contributed by atoms with Gasteiger partial charge in [0.2, 0.25) is 0 Å². The molecule has 0 heterocycles. The van der Waals surface area contributed by atoms with Crippen molar-refractivity contribution >= 4 is 0 Å². The molecule has 0 spiro atoms. The molecule has 30 heavy (non-hydrogen) atoms. The number of aliphatic hydroxyl groups excluding tert-OH is 6. The first-order chi connectivity index (χ1) is 11.5. The Morgan fingerprint density at radius 2 is 0.300 bits per heavy atom. The van der Waals surface area contributed by atoms with Gasteiger partial charge >= 0.3 is 0 Å². The average Bonchev–Trinajstić information content (AvgIpc) is 2.68. The minimum atomic E-state index is 0. The van der Waals surface area contributed by atoms with Crippen LogP contribution in [-0.4, -0.2) is 70.3 Å². The van der Waals surface area contributed by atoms with Gasteiger partial charge in [0.25, 0.3) is 0 Å². The van der Waals surface area contributed by atoms with Crippen LogP contribution in [0.5, 0.6) is 0 Å². The fraction of sp³-hybridized carbons (Fsp3) is 1.00. The molecule has 12 heteroatoms. The lowest BCUT2D eigenvalue weighted by molar-refractivity contribution is 0.294. The molecule has 0 atom stereocenters. The highest BCUT2D eigenvalue weighted by Crippen LogP contribution is 1.63. The van der Waals surface area contributed by atoms with Crippen molar-refractivity contribution in [1.29, 1.82) is 0 Å². The number of hydrogen-bond donors (Lipinski definition) is 6. The van der Waals surface area contributed by atoms with Crippen LogP contribution < -0.4 is 0 Å². The highest BCUT2D eigenvalue weighted by atomic mass is 19.0. The van der Waals surface area contributed by atoms with Crippen molar-refractivity contribution in [2.24, 2.45) is 0 Å². The van der Waals surface area contributed by atoms with Gasteiger partial charge < -0.3 is 30.6 Å². The Bertz CT molecular complexity index is 84.1. The molecule has 0 saturated carbocycles. The van der Waals surface area contributed by atoms with Gasteiger partial charge in [-0.2, -0.15) is 0 Å². The summed E-state index contributed by atoms with van der Waals surface area (Å²) in [7, 11) is 0. The SMILES string of the molecule is CCCO.CCCO.CCCO.CCCO.CCCO.CCCO.F.F.F.F.F.F. The Kier molecular flexibility index (Phi) is 430. The summed E-state index contributed by atoms with van der Waals surface area (Å²) < 4.78 is 0. The molecule has 0 aromatic carbocycles. The molecule has 0 amide bonds. The number of aliphatic hydroxyl groups is 6. The normalized spacial score (nSPS) is 6.00. The summed E-state index contributed by atoms with van der Waals surface area (Å²) in [5, 5.41) is 47.2. The van der Waals surface area contributed by atoms with E-state index in [9.17, 15) is 0 Å². The van der Waals surface area contributed by atoms with Gasteiger partial charge in [-0.05, 0) is 38.5 Å². The van der Waals surface area contributed by atoms with E-state index >= 15 is 0 Å². The Balaban J connectivity index is -0.0000000125. The average molecular weight is 481 g/mol. The van der Waals surface area contributed by atoms with Gasteiger partial charge in [0.1, 0.15) is 0 Å². The van der Waals surface area contributed by atoms with Crippen molar-refractivity contribution in [2.45, 2.75) is 80.1 Å². The maximum absolute atomic E-state index is 7.88. The minimum absolute atomic E-state index is 0. The summed E-state index contributed by atoms with van der Waals surface area (Å²) >= 11 is 0. The third-order valence-electron chi connectivity index (χ3n) is 1.34. The smallest absolute Gasteiger partial charge is 0.0428 e. The molecule has 0 aromatic rings. The van der Waals surface area contributed by atoms with Crippen LogP contribution in [-0.2, 0) is 0 Å². The molecule has 0 aliphatic rings. The van der Waals surface area contributed by atoms with Gasteiger partial charge in [0, 0.05) is 39.6 Å². The van der Waals surface area contributed by atoms with E-state index in [-0.39, 0.29) is 28.2 Å². The standard InChI is InChI=1S/6C3H8O.6FH/c6*1-2-3-4;;;;;;/h6*4H,2-3H2,1H3;6*1H. The number of hydrogen-bond acceptors (Lipinski definition) is 6. The van der Waals surface area contributed by atoms with Crippen LogP contribution in [0.4, 0.5) is 28.2 Å². The van der Waals surface area contributed by atoms with E-state index in [1.165, 1.54) is 0 Å². The van der Waals surface area contributed by atoms with Gasteiger partial charge in [-0.1, -0.05) is 41.5 Å². The number of rotatable bonds is 6. The third kappa shape index (κ3) is 665. The van der Waals surface area contributed by atoms with Crippen molar-refractivity contribution < 1.29 is 58.9 Å². The van der Waals surface area contributed by atoms with Crippen LogP contribution in [0.15, 0.2) is 0 Å². The first kappa shape index (κ1) is 78.4.